The van der Waals surface area contributed by atoms with Gasteiger partial charge in [-0.25, -0.2) is 4.39 Å². The summed E-state index contributed by atoms with van der Waals surface area (Å²) in [5.74, 6) is -1.24. The Morgan fingerprint density at radius 1 is 1.33 bits per heavy atom. The number of anilines is 1. The molecule has 0 aromatic heterocycles. The zero-order chi connectivity index (χ0) is 11.5. The Kier molecular flexibility index (Phi) is 3.39. The van der Waals surface area contributed by atoms with Crippen LogP contribution >= 0.6 is 0 Å². The summed E-state index contributed by atoms with van der Waals surface area (Å²) >= 11 is 0. The van der Waals surface area contributed by atoms with Crippen LogP contribution in [0.5, 0.6) is 5.75 Å². The Hall–Kier alpha value is -1.46. The van der Waals surface area contributed by atoms with Crippen molar-refractivity contribution in [2.24, 2.45) is 0 Å². The fourth-order valence-corrected chi connectivity index (χ4v) is 0.933. The first-order valence-corrected chi connectivity index (χ1v) is 4.09. The van der Waals surface area contributed by atoms with Gasteiger partial charge in [-0.15, -0.1) is 0 Å². The number of alkyl halides is 3. The molecule has 1 aromatic rings. The quantitative estimate of drug-likeness (QED) is 0.795. The Morgan fingerprint density at radius 2 is 2.00 bits per heavy atom. The predicted octanol–water partition coefficient (Wildman–Crippen LogP) is 2.81. The van der Waals surface area contributed by atoms with E-state index in [1.54, 1.807) is 7.05 Å². The molecule has 1 N–H and O–H groups in total. The molecule has 0 atom stereocenters. The SMILES string of the molecule is CNc1ccc(OCC(F)(F)F)c(F)c1. The van der Waals surface area contributed by atoms with Crippen molar-refractivity contribution < 1.29 is 22.3 Å². The molecule has 0 unspecified atom stereocenters. The molecule has 6 heteroatoms. The molecule has 0 heterocycles. The van der Waals surface area contributed by atoms with Gasteiger partial charge in [0.1, 0.15) is 0 Å². The van der Waals surface area contributed by atoms with E-state index in [1.807, 2.05) is 0 Å². The molecule has 2 nitrogen and oxygen atoms in total. The van der Waals surface area contributed by atoms with Gasteiger partial charge in [-0.05, 0) is 12.1 Å². The third-order valence-corrected chi connectivity index (χ3v) is 1.61. The molecule has 15 heavy (non-hydrogen) atoms. The number of benzene rings is 1. The lowest BCUT2D eigenvalue weighted by Crippen LogP contribution is -2.19. The lowest BCUT2D eigenvalue weighted by atomic mass is 10.3. The maximum Gasteiger partial charge on any atom is 0.422 e. The minimum absolute atomic E-state index is 0.411. The first kappa shape index (κ1) is 11.6. The van der Waals surface area contributed by atoms with Gasteiger partial charge in [0.05, 0.1) is 0 Å². The zero-order valence-electron chi connectivity index (χ0n) is 7.86. The maximum absolute atomic E-state index is 13.1. The first-order valence-electron chi connectivity index (χ1n) is 4.09. The molecule has 0 aliphatic rings. The predicted molar refractivity (Wildman–Crippen MR) is 47.5 cm³/mol. The highest BCUT2D eigenvalue weighted by atomic mass is 19.4. The highest BCUT2D eigenvalue weighted by Crippen LogP contribution is 2.23. The van der Waals surface area contributed by atoms with Gasteiger partial charge in [0.2, 0.25) is 0 Å². The molecular formula is C9H9F4NO. The Morgan fingerprint density at radius 3 is 2.47 bits per heavy atom. The minimum atomic E-state index is -4.46. The van der Waals surface area contributed by atoms with Gasteiger partial charge in [-0.1, -0.05) is 0 Å². The normalized spacial score (nSPS) is 11.3. The van der Waals surface area contributed by atoms with Crippen LogP contribution in [0.2, 0.25) is 0 Å². The van der Waals surface area contributed by atoms with E-state index in [9.17, 15) is 17.6 Å². The van der Waals surface area contributed by atoms with Crippen LogP contribution in [0, 0.1) is 5.82 Å². The van der Waals surface area contributed by atoms with Crippen molar-refractivity contribution in [3.05, 3.63) is 24.0 Å². The second kappa shape index (κ2) is 4.37. The van der Waals surface area contributed by atoms with Crippen molar-refractivity contribution in [2.45, 2.75) is 6.18 Å². The van der Waals surface area contributed by atoms with Crippen LogP contribution < -0.4 is 10.1 Å². The summed E-state index contributed by atoms with van der Waals surface area (Å²) < 4.78 is 52.6. The summed E-state index contributed by atoms with van der Waals surface area (Å²) in [7, 11) is 1.57. The van der Waals surface area contributed by atoms with Gasteiger partial charge in [-0.2, -0.15) is 13.2 Å². The molecule has 0 aliphatic carbocycles. The fourth-order valence-electron chi connectivity index (χ4n) is 0.933. The molecule has 0 saturated carbocycles. The second-order valence-electron chi connectivity index (χ2n) is 2.80. The largest absolute Gasteiger partial charge is 0.481 e. The van der Waals surface area contributed by atoms with E-state index in [-0.39, 0.29) is 0 Å². The number of rotatable bonds is 3. The summed E-state index contributed by atoms with van der Waals surface area (Å²) in [5.41, 5.74) is 0.465. The average Bonchev–Trinajstić information content (AvgIpc) is 2.14. The second-order valence-corrected chi connectivity index (χ2v) is 2.80. The summed E-state index contributed by atoms with van der Waals surface area (Å²) in [5, 5.41) is 2.65. The fraction of sp³-hybridized carbons (Fsp3) is 0.333. The van der Waals surface area contributed by atoms with Crippen molar-refractivity contribution in [3.8, 4) is 5.75 Å². The topological polar surface area (TPSA) is 21.3 Å². The Bertz CT molecular complexity index is 337. The van der Waals surface area contributed by atoms with Crippen LogP contribution in [0.1, 0.15) is 0 Å². The van der Waals surface area contributed by atoms with Crippen LogP contribution in [0.3, 0.4) is 0 Å². The Labute approximate surface area is 83.9 Å². The smallest absolute Gasteiger partial charge is 0.422 e. The monoisotopic (exact) mass is 223 g/mol. The van der Waals surface area contributed by atoms with Crippen molar-refractivity contribution >= 4 is 5.69 Å². The van der Waals surface area contributed by atoms with Gasteiger partial charge < -0.3 is 10.1 Å². The third-order valence-electron chi connectivity index (χ3n) is 1.61. The van der Waals surface area contributed by atoms with Crippen LogP contribution in [0.4, 0.5) is 23.2 Å². The van der Waals surface area contributed by atoms with Crippen LogP contribution in [-0.4, -0.2) is 19.8 Å². The van der Waals surface area contributed by atoms with E-state index in [4.69, 9.17) is 0 Å². The van der Waals surface area contributed by atoms with Gasteiger partial charge in [0, 0.05) is 18.8 Å². The van der Waals surface area contributed by atoms with Crippen molar-refractivity contribution in [1.82, 2.24) is 0 Å². The van der Waals surface area contributed by atoms with Gasteiger partial charge >= 0.3 is 6.18 Å². The van der Waals surface area contributed by atoms with Crippen molar-refractivity contribution in [1.29, 1.82) is 0 Å². The third kappa shape index (κ3) is 3.65. The van der Waals surface area contributed by atoms with E-state index in [2.05, 4.69) is 10.1 Å². The van der Waals surface area contributed by atoms with Crippen molar-refractivity contribution in [3.63, 3.8) is 0 Å². The zero-order valence-corrected chi connectivity index (χ0v) is 7.86. The summed E-state index contributed by atoms with van der Waals surface area (Å²) in [6.45, 7) is -1.50. The summed E-state index contributed by atoms with van der Waals surface area (Å²) in [6.07, 6.45) is -4.46. The molecule has 84 valence electrons. The molecule has 0 saturated heterocycles. The molecule has 0 amide bonds. The molecule has 1 aromatic carbocycles. The number of ether oxygens (including phenoxy) is 1. The number of hydrogen-bond donors (Lipinski definition) is 1. The molecule has 0 radical (unpaired) electrons. The van der Waals surface area contributed by atoms with Crippen LogP contribution in [0.25, 0.3) is 0 Å². The maximum atomic E-state index is 13.1. The molecule has 0 spiro atoms. The minimum Gasteiger partial charge on any atom is -0.481 e. The lowest BCUT2D eigenvalue weighted by Gasteiger charge is -2.10. The van der Waals surface area contributed by atoms with Crippen LogP contribution in [-0.2, 0) is 0 Å². The van der Waals surface area contributed by atoms with Crippen LogP contribution in [0.15, 0.2) is 18.2 Å². The van der Waals surface area contributed by atoms with Gasteiger partial charge in [0.25, 0.3) is 0 Å². The summed E-state index contributed by atoms with van der Waals surface area (Å²) in [6, 6.07) is 3.63. The average molecular weight is 223 g/mol. The summed E-state index contributed by atoms with van der Waals surface area (Å²) in [4.78, 5) is 0. The van der Waals surface area contributed by atoms with E-state index in [0.29, 0.717) is 5.69 Å². The molecular weight excluding hydrogens is 214 g/mol. The molecule has 1 rings (SSSR count). The van der Waals surface area contributed by atoms with Gasteiger partial charge in [0.15, 0.2) is 18.2 Å². The van der Waals surface area contributed by atoms with Gasteiger partial charge in [-0.3, -0.25) is 0 Å². The standard InChI is InChI=1S/C9H9F4NO/c1-14-6-2-3-8(7(10)4-6)15-5-9(11,12)13/h2-4,14H,5H2,1H3. The molecule has 0 aliphatic heterocycles. The van der Waals surface area contributed by atoms with Crippen molar-refractivity contribution in [2.75, 3.05) is 19.0 Å². The highest BCUT2D eigenvalue weighted by molar-refractivity contribution is 5.46. The lowest BCUT2D eigenvalue weighted by molar-refractivity contribution is -0.153. The number of nitrogens with one attached hydrogen (secondary N) is 1. The Balaban J connectivity index is 2.70. The molecule has 0 bridgehead atoms. The van der Waals surface area contributed by atoms with E-state index in [1.165, 1.54) is 6.07 Å². The molecule has 0 fully saturated rings. The van der Waals surface area contributed by atoms with E-state index >= 15 is 0 Å². The first-order chi connectivity index (χ1) is 6.92. The van der Waals surface area contributed by atoms with E-state index in [0.717, 1.165) is 12.1 Å². The number of hydrogen-bond acceptors (Lipinski definition) is 2. The highest BCUT2D eigenvalue weighted by Gasteiger charge is 2.28. The number of halogens is 4. The van der Waals surface area contributed by atoms with E-state index < -0.39 is 24.3 Å².